The van der Waals surface area contributed by atoms with Crippen LogP contribution in [-0.2, 0) is 0 Å². The Kier molecular flexibility index (Phi) is 4.81. The second kappa shape index (κ2) is 6.59. The van der Waals surface area contributed by atoms with Gasteiger partial charge >= 0.3 is 0 Å². The standard InChI is InChI=1S/C14H19N3S/c1-3-18-9-8-11(2)17-14-12-6-4-5-7-13(12)15-10-16-14/h4-7,10-11H,3,8-9H2,1-2H3,(H,15,16,17). The number of nitrogens with one attached hydrogen (secondary N) is 1. The van der Waals surface area contributed by atoms with E-state index in [0.29, 0.717) is 6.04 Å². The number of benzene rings is 1. The van der Waals surface area contributed by atoms with Gasteiger partial charge < -0.3 is 5.32 Å². The van der Waals surface area contributed by atoms with Crippen molar-refractivity contribution in [2.75, 3.05) is 16.8 Å². The van der Waals surface area contributed by atoms with E-state index in [-0.39, 0.29) is 0 Å². The summed E-state index contributed by atoms with van der Waals surface area (Å²) in [6.45, 7) is 4.40. The van der Waals surface area contributed by atoms with E-state index in [1.807, 2.05) is 30.0 Å². The number of nitrogens with zero attached hydrogens (tertiary/aromatic N) is 2. The number of rotatable bonds is 6. The van der Waals surface area contributed by atoms with E-state index in [1.165, 1.54) is 11.5 Å². The van der Waals surface area contributed by atoms with Crippen LogP contribution in [0.5, 0.6) is 0 Å². The Labute approximate surface area is 112 Å². The number of anilines is 1. The van der Waals surface area contributed by atoms with Crippen LogP contribution < -0.4 is 5.32 Å². The first-order chi connectivity index (χ1) is 8.81. The minimum absolute atomic E-state index is 0.433. The third-order valence-corrected chi connectivity index (χ3v) is 3.76. The van der Waals surface area contributed by atoms with E-state index in [1.54, 1.807) is 6.33 Å². The normalized spacial score (nSPS) is 12.6. The van der Waals surface area contributed by atoms with Gasteiger partial charge in [0, 0.05) is 11.4 Å². The van der Waals surface area contributed by atoms with Crippen LogP contribution in [-0.4, -0.2) is 27.5 Å². The van der Waals surface area contributed by atoms with Crippen LogP contribution in [0.1, 0.15) is 20.3 Å². The first-order valence-corrected chi connectivity index (χ1v) is 7.50. The fourth-order valence-corrected chi connectivity index (χ4v) is 2.64. The molecule has 2 aromatic rings. The molecule has 3 nitrogen and oxygen atoms in total. The van der Waals surface area contributed by atoms with Gasteiger partial charge in [-0.25, -0.2) is 9.97 Å². The molecule has 0 aliphatic carbocycles. The van der Waals surface area contributed by atoms with Gasteiger partial charge in [-0.15, -0.1) is 0 Å². The summed E-state index contributed by atoms with van der Waals surface area (Å²) in [5.74, 6) is 3.31. The SMILES string of the molecule is CCSCCC(C)Nc1ncnc2ccccc12. The minimum Gasteiger partial charge on any atom is -0.367 e. The third-order valence-electron chi connectivity index (χ3n) is 2.83. The highest BCUT2D eigenvalue weighted by atomic mass is 32.2. The lowest BCUT2D eigenvalue weighted by Crippen LogP contribution is -2.17. The highest BCUT2D eigenvalue weighted by molar-refractivity contribution is 7.99. The van der Waals surface area contributed by atoms with Crippen molar-refractivity contribution in [1.29, 1.82) is 0 Å². The van der Waals surface area contributed by atoms with Crippen molar-refractivity contribution in [3.05, 3.63) is 30.6 Å². The number of fused-ring (bicyclic) bond motifs is 1. The predicted octanol–water partition coefficient (Wildman–Crippen LogP) is 3.57. The third kappa shape index (κ3) is 3.35. The van der Waals surface area contributed by atoms with Crippen LogP contribution >= 0.6 is 11.8 Å². The van der Waals surface area contributed by atoms with Crippen LogP contribution in [0.2, 0.25) is 0 Å². The second-order valence-corrected chi connectivity index (χ2v) is 5.66. The van der Waals surface area contributed by atoms with Gasteiger partial charge in [-0.2, -0.15) is 11.8 Å². The predicted molar refractivity (Wildman–Crippen MR) is 80.2 cm³/mol. The van der Waals surface area contributed by atoms with Gasteiger partial charge in [-0.3, -0.25) is 0 Å². The number of thioether (sulfide) groups is 1. The topological polar surface area (TPSA) is 37.8 Å². The quantitative estimate of drug-likeness (QED) is 0.807. The molecule has 1 heterocycles. The molecule has 1 aromatic heterocycles. The van der Waals surface area contributed by atoms with Crippen LogP contribution in [0.25, 0.3) is 10.9 Å². The zero-order valence-electron chi connectivity index (χ0n) is 10.9. The van der Waals surface area contributed by atoms with Crippen molar-refractivity contribution >= 4 is 28.5 Å². The summed E-state index contributed by atoms with van der Waals surface area (Å²) < 4.78 is 0. The number of hydrogen-bond donors (Lipinski definition) is 1. The molecule has 96 valence electrons. The molecule has 2 rings (SSSR count). The van der Waals surface area contributed by atoms with E-state index in [2.05, 4.69) is 35.2 Å². The lowest BCUT2D eigenvalue weighted by atomic mass is 10.2. The summed E-state index contributed by atoms with van der Waals surface area (Å²) in [5, 5.41) is 4.57. The van der Waals surface area contributed by atoms with E-state index >= 15 is 0 Å². The lowest BCUT2D eigenvalue weighted by Gasteiger charge is -2.15. The zero-order chi connectivity index (χ0) is 12.8. The largest absolute Gasteiger partial charge is 0.367 e. The number of hydrogen-bond acceptors (Lipinski definition) is 4. The van der Waals surface area contributed by atoms with Crippen molar-refractivity contribution < 1.29 is 0 Å². The fourth-order valence-electron chi connectivity index (χ4n) is 1.83. The Bertz CT molecular complexity index is 496. The Morgan fingerprint density at radius 3 is 2.94 bits per heavy atom. The van der Waals surface area contributed by atoms with Gasteiger partial charge in [-0.05, 0) is 37.0 Å². The van der Waals surface area contributed by atoms with E-state index < -0.39 is 0 Å². The van der Waals surface area contributed by atoms with Crippen LogP contribution in [0.3, 0.4) is 0 Å². The molecule has 0 saturated heterocycles. The van der Waals surface area contributed by atoms with Crippen LogP contribution in [0, 0.1) is 0 Å². The Hall–Kier alpha value is -1.29. The fraction of sp³-hybridized carbons (Fsp3) is 0.429. The molecule has 4 heteroatoms. The molecule has 1 N–H and O–H groups in total. The van der Waals surface area contributed by atoms with Crippen molar-refractivity contribution in [3.63, 3.8) is 0 Å². The number of para-hydroxylation sites is 1. The summed E-state index contributed by atoms with van der Waals surface area (Å²) in [6.07, 6.45) is 2.77. The van der Waals surface area contributed by atoms with Gasteiger partial charge in [0.2, 0.25) is 0 Å². The molecule has 0 bridgehead atoms. The van der Waals surface area contributed by atoms with E-state index in [4.69, 9.17) is 0 Å². The molecule has 18 heavy (non-hydrogen) atoms. The van der Waals surface area contributed by atoms with Gasteiger partial charge in [0.15, 0.2) is 0 Å². The first kappa shape index (κ1) is 13.1. The molecule has 1 unspecified atom stereocenters. The second-order valence-electron chi connectivity index (χ2n) is 4.27. The van der Waals surface area contributed by atoms with Crippen molar-refractivity contribution in [3.8, 4) is 0 Å². The molecular weight excluding hydrogens is 242 g/mol. The van der Waals surface area contributed by atoms with Gasteiger partial charge in [0.05, 0.1) is 5.52 Å². The minimum atomic E-state index is 0.433. The molecule has 1 atom stereocenters. The molecule has 0 spiro atoms. The van der Waals surface area contributed by atoms with E-state index in [9.17, 15) is 0 Å². The molecule has 0 fully saturated rings. The van der Waals surface area contributed by atoms with Gasteiger partial charge in [-0.1, -0.05) is 19.1 Å². The summed E-state index contributed by atoms with van der Waals surface area (Å²) in [5.41, 5.74) is 0.991. The average molecular weight is 261 g/mol. The summed E-state index contributed by atoms with van der Waals surface area (Å²) in [4.78, 5) is 8.62. The Morgan fingerprint density at radius 2 is 2.11 bits per heavy atom. The maximum Gasteiger partial charge on any atom is 0.137 e. The summed E-state index contributed by atoms with van der Waals surface area (Å²) in [7, 11) is 0. The van der Waals surface area contributed by atoms with Gasteiger partial charge in [0.25, 0.3) is 0 Å². The molecule has 0 amide bonds. The molecule has 0 radical (unpaired) electrons. The first-order valence-electron chi connectivity index (χ1n) is 6.35. The highest BCUT2D eigenvalue weighted by Crippen LogP contribution is 2.19. The lowest BCUT2D eigenvalue weighted by molar-refractivity contribution is 0.767. The summed E-state index contributed by atoms with van der Waals surface area (Å²) in [6, 6.07) is 8.53. The van der Waals surface area contributed by atoms with Crippen LogP contribution in [0.4, 0.5) is 5.82 Å². The summed E-state index contributed by atoms with van der Waals surface area (Å²) >= 11 is 1.98. The molecule has 1 aromatic carbocycles. The zero-order valence-corrected chi connectivity index (χ0v) is 11.7. The van der Waals surface area contributed by atoms with Crippen molar-refractivity contribution in [2.45, 2.75) is 26.3 Å². The smallest absolute Gasteiger partial charge is 0.137 e. The number of aromatic nitrogens is 2. The van der Waals surface area contributed by atoms with Gasteiger partial charge in [0.1, 0.15) is 12.1 Å². The maximum atomic E-state index is 4.35. The maximum absolute atomic E-state index is 4.35. The van der Waals surface area contributed by atoms with Crippen molar-refractivity contribution in [1.82, 2.24) is 9.97 Å². The van der Waals surface area contributed by atoms with E-state index in [0.717, 1.165) is 23.1 Å². The monoisotopic (exact) mass is 261 g/mol. The van der Waals surface area contributed by atoms with Crippen molar-refractivity contribution in [2.24, 2.45) is 0 Å². The molecule has 0 saturated carbocycles. The average Bonchev–Trinajstić information content (AvgIpc) is 2.39. The Balaban J connectivity index is 2.07. The molecular formula is C14H19N3S. The highest BCUT2D eigenvalue weighted by Gasteiger charge is 2.06. The molecule has 0 aliphatic rings. The molecule has 0 aliphatic heterocycles. The van der Waals surface area contributed by atoms with Crippen LogP contribution in [0.15, 0.2) is 30.6 Å². The Morgan fingerprint density at radius 1 is 1.28 bits per heavy atom.